The Kier molecular flexibility index (Phi) is 6.77. The van der Waals surface area contributed by atoms with Crippen LogP contribution in [0.15, 0.2) is 87.7 Å². The highest BCUT2D eigenvalue weighted by Crippen LogP contribution is 2.57. The number of nitrogens with one attached hydrogen (secondary N) is 2. The molecule has 3 aromatic rings. The van der Waals surface area contributed by atoms with Crippen molar-refractivity contribution in [1.29, 1.82) is 0 Å². The number of nitrogens with two attached hydrogens (primary N) is 1. The Morgan fingerprint density at radius 1 is 1.05 bits per heavy atom. The number of aliphatic hydroxyl groups excluding tert-OH is 1. The summed E-state index contributed by atoms with van der Waals surface area (Å²) in [5, 5.41) is 19.2. The van der Waals surface area contributed by atoms with Crippen molar-refractivity contribution in [3.05, 3.63) is 95.1 Å². The van der Waals surface area contributed by atoms with Gasteiger partial charge in [-0.1, -0.05) is 65.4 Å². The molecule has 0 amide bonds. The van der Waals surface area contributed by atoms with Crippen LogP contribution in [0.5, 0.6) is 0 Å². The highest BCUT2D eigenvalue weighted by Gasteiger charge is 2.46. The summed E-state index contributed by atoms with van der Waals surface area (Å²) in [5.41, 5.74) is 1.35. The van der Waals surface area contributed by atoms with Gasteiger partial charge >= 0.3 is 0 Å². The van der Waals surface area contributed by atoms with Crippen molar-refractivity contribution in [2.24, 2.45) is 9.54 Å². The predicted octanol–water partition coefficient (Wildman–Crippen LogP) is 4.98. The number of benzene rings is 3. The normalized spacial score (nSPS) is 20.8. The van der Waals surface area contributed by atoms with Crippen LogP contribution >= 0.6 is 10.8 Å². The Morgan fingerprint density at radius 2 is 1.74 bits per heavy atom. The highest BCUT2D eigenvalue weighted by atomic mass is 32.3. The molecule has 1 atom stereocenters. The van der Waals surface area contributed by atoms with Gasteiger partial charge in [-0.3, -0.25) is 18.6 Å². The smallest absolute Gasteiger partial charge is 0.296 e. The summed E-state index contributed by atoms with van der Waals surface area (Å²) in [6.07, 6.45) is 1.95. The lowest BCUT2D eigenvalue weighted by Gasteiger charge is -2.39. The maximum Gasteiger partial charge on any atom is 0.296 e. The fourth-order valence-corrected chi connectivity index (χ4v) is 6.73. The summed E-state index contributed by atoms with van der Waals surface area (Å²) in [6.45, 7) is 1.83. The lowest BCUT2D eigenvalue weighted by Crippen LogP contribution is -2.42. The number of aliphatic hydroxyl groups is 1. The van der Waals surface area contributed by atoms with Gasteiger partial charge in [0.1, 0.15) is 16.2 Å². The van der Waals surface area contributed by atoms with Gasteiger partial charge in [0.15, 0.2) is 11.6 Å². The van der Waals surface area contributed by atoms with E-state index in [0.29, 0.717) is 24.0 Å². The van der Waals surface area contributed by atoms with Crippen LogP contribution in [0.2, 0.25) is 0 Å². The Bertz CT molecular complexity index is 1640. The molecule has 2 aliphatic rings. The quantitative estimate of drug-likeness (QED) is 0.233. The molecule has 0 saturated heterocycles. The van der Waals surface area contributed by atoms with Crippen LogP contribution in [0, 0.1) is 0 Å². The second kappa shape index (κ2) is 9.81. The third-order valence-corrected chi connectivity index (χ3v) is 8.86. The molecule has 1 aliphatic heterocycles. The number of hydrogen-bond donors (Lipinski definition) is 6. The van der Waals surface area contributed by atoms with Crippen LogP contribution in [-0.2, 0) is 26.8 Å². The summed E-state index contributed by atoms with van der Waals surface area (Å²) in [7, 11) is -7.98. The van der Waals surface area contributed by atoms with Crippen LogP contribution in [0.3, 0.4) is 0 Å². The van der Waals surface area contributed by atoms with Gasteiger partial charge in [0, 0.05) is 5.56 Å². The van der Waals surface area contributed by atoms with Gasteiger partial charge in [-0.25, -0.2) is 5.14 Å². The largest absolute Gasteiger partial charge is 0.506 e. The molecule has 39 heavy (non-hydrogen) atoms. The molecule has 0 fully saturated rings. The van der Waals surface area contributed by atoms with E-state index in [0.717, 1.165) is 12.0 Å². The third-order valence-electron chi connectivity index (χ3n) is 6.97. The second-order valence-corrected chi connectivity index (χ2v) is 12.7. The Morgan fingerprint density at radius 3 is 2.46 bits per heavy atom. The first-order valence-electron chi connectivity index (χ1n) is 12.1. The molecule has 10 nitrogen and oxygen atoms in total. The van der Waals surface area contributed by atoms with Crippen molar-refractivity contribution in [3.63, 3.8) is 0 Å². The Labute approximate surface area is 228 Å². The van der Waals surface area contributed by atoms with Crippen molar-refractivity contribution in [1.82, 2.24) is 0 Å². The topological polar surface area (TPSA) is 174 Å². The van der Waals surface area contributed by atoms with Crippen LogP contribution in [0.4, 0.5) is 11.4 Å². The predicted molar refractivity (Wildman–Crippen MR) is 153 cm³/mol. The first-order valence-corrected chi connectivity index (χ1v) is 15.2. The molecular formula is C27H28N4O6S2. The van der Waals surface area contributed by atoms with Gasteiger partial charge in [-0.2, -0.15) is 8.42 Å². The average Bonchev–Trinajstić information content (AvgIpc) is 2.88. The molecular weight excluding hydrogens is 540 g/mol. The number of carbonyl (C=O) groups is 1. The zero-order chi connectivity index (χ0) is 28.0. The summed E-state index contributed by atoms with van der Waals surface area (Å²) in [4.78, 5) is 14.0. The van der Waals surface area contributed by atoms with Crippen molar-refractivity contribution in [3.8, 4) is 0 Å². The maximum absolute atomic E-state index is 14.1. The third kappa shape index (κ3) is 5.16. The van der Waals surface area contributed by atoms with Crippen LogP contribution < -0.4 is 15.2 Å². The van der Waals surface area contributed by atoms with E-state index < -0.39 is 32.2 Å². The molecule has 1 unspecified atom stereocenters. The second-order valence-electron chi connectivity index (χ2n) is 9.71. The number of anilines is 2. The standard InChI is InChI=1S/C27H28N4O6S2/c1-27(15-7-10-17-8-3-2-4-9-17)20-12-6-5-11-19(20)24(32)23(25(27)33)26-29-21-14-13-18(30-39(28,36)37)16-22(21)38(34,35)31-26/h2-6,8-9,11-14,16,30,32,34-35H,7,10,15H2,1H3,(H,29,31)(H2,28,36,37). The monoisotopic (exact) mass is 568 g/mol. The van der Waals surface area contributed by atoms with Gasteiger partial charge in [0.2, 0.25) is 0 Å². The summed E-state index contributed by atoms with van der Waals surface area (Å²) in [5.74, 6) is -0.890. The number of rotatable bonds is 7. The van der Waals surface area contributed by atoms with Crippen molar-refractivity contribution in [2.45, 2.75) is 36.5 Å². The lowest BCUT2D eigenvalue weighted by atomic mass is 9.67. The molecule has 5 rings (SSSR count). The number of ketones is 1. The van der Waals surface area contributed by atoms with E-state index in [1.54, 1.807) is 12.1 Å². The minimum absolute atomic E-state index is 0.00685. The molecule has 3 aromatic carbocycles. The molecule has 1 aliphatic carbocycles. The average molecular weight is 569 g/mol. The Hall–Kier alpha value is -3.68. The van der Waals surface area contributed by atoms with E-state index in [1.807, 2.05) is 49.4 Å². The van der Waals surface area contributed by atoms with E-state index in [4.69, 9.17) is 5.14 Å². The van der Waals surface area contributed by atoms with Gasteiger partial charge < -0.3 is 10.4 Å². The highest BCUT2D eigenvalue weighted by molar-refractivity contribution is 8.23. The van der Waals surface area contributed by atoms with Gasteiger partial charge in [-0.05, 0) is 55.5 Å². The van der Waals surface area contributed by atoms with Crippen LogP contribution in [0.1, 0.15) is 36.5 Å². The van der Waals surface area contributed by atoms with Gasteiger partial charge in [-0.15, -0.1) is 4.40 Å². The van der Waals surface area contributed by atoms with Crippen molar-refractivity contribution >= 4 is 49.7 Å². The van der Waals surface area contributed by atoms with Crippen molar-refractivity contribution in [2.75, 3.05) is 10.0 Å². The Balaban J connectivity index is 1.52. The van der Waals surface area contributed by atoms with E-state index in [-0.39, 0.29) is 33.4 Å². The minimum atomic E-state index is -4.10. The molecule has 7 N–H and O–H groups in total. The van der Waals surface area contributed by atoms with Crippen LogP contribution in [-0.4, -0.2) is 34.2 Å². The van der Waals surface area contributed by atoms with Crippen LogP contribution in [0.25, 0.3) is 5.76 Å². The minimum Gasteiger partial charge on any atom is -0.506 e. The molecule has 12 heteroatoms. The number of carbonyl (C=O) groups excluding carboxylic acids is 1. The molecule has 0 bridgehead atoms. The number of nitrogens with zero attached hydrogens (tertiary/aromatic N) is 1. The summed E-state index contributed by atoms with van der Waals surface area (Å²) in [6, 6.07) is 21.0. The zero-order valence-electron chi connectivity index (χ0n) is 21.0. The van der Waals surface area contributed by atoms with Crippen molar-refractivity contribution < 1.29 is 27.4 Å². The molecule has 0 saturated carbocycles. The number of fused-ring (bicyclic) bond motifs is 2. The summed E-state index contributed by atoms with van der Waals surface area (Å²) < 4.78 is 50.7. The van der Waals surface area contributed by atoms with E-state index in [1.165, 1.54) is 18.2 Å². The molecule has 204 valence electrons. The number of Topliss-reactive ketones (excluding diaryl/α,β-unsaturated/α-hetero) is 1. The van der Waals surface area contributed by atoms with E-state index >= 15 is 0 Å². The first kappa shape index (κ1) is 26.9. The van der Waals surface area contributed by atoms with E-state index in [2.05, 4.69) is 14.4 Å². The zero-order valence-corrected chi connectivity index (χ0v) is 22.6. The number of amidine groups is 1. The van der Waals surface area contributed by atoms with E-state index in [9.17, 15) is 27.4 Å². The molecule has 0 spiro atoms. The molecule has 1 heterocycles. The maximum atomic E-state index is 14.1. The number of hydrogen-bond acceptors (Lipinski definition) is 8. The van der Waals surface area contributed by atoms with Gasteiger partial charge in [0.05, 0.1) is 16.8 Å². The first-order chi connectivity index (χ1) is 18.4. The lowest BCUT2D eigenvalue weighted by molar-refractivity contribution is -0.120. The fourth-order valence-electron chi connectivity index (χ4n) is 5.08. The fraction of sp³-hybridized carbons (Fsp3) is 0.185. The molecule has 0 radical (unpaired) electrons. The summed E-state index contributed by atoms with van der Waals surface area (Å²) >= 11 is 0. The SMILES string of the molecule is CC1(CCCc2ccccc2)C(=O)C(C2=NS(O)(O)c3cc(NS(N)(=O)=O)ccc3N2)=C(O)c2ccccc21. The number of aryl methyl sites for hydroxylation is 1. The molecule has 0 aromatic heterocycles. The van der Waals surface area contributed by atoms with Gasteiger partial charge in [0.25, 0.3) is 10.2 Å².